The zero-order valence-electron chi connectivity index (χ0n) is 12.1. The predicted octanol–water partition coefficient (Wildman–Crippen LogP) is 3.61. The third-order valence-corrected chi connectivity index (χ3v) is 3.64. The molecule has 0 aliphatic rings. The van der Waals surface area contributed by atoms with Crippen molar-refractivity contribution in [3.05, 3.63) is 0 Å². The highest BCUT2D eigenvalue weighted by Gasteiger charge is 2.35. The molecular weight excluding hydrogens is 198 g/mol. The number of hydrogen-bond donors (Lipinski definition) is 1. The molecule has 0 saturated heterocycles. The summed E-state index contributed by atoms with van der Waals surface area (Å²) in [5, 5.41) is 3.46. The van der Waals surface area contributed by atoms with E-state index >= 15 is 0 Å². The van der Waals surface area contributed by atoms with E-state index in [1.165, 1.54) is 12.8 Å². The van der Waals surface area contributed by atoms with Gasteiger partial charge in [0, 0.05) is 12.6 Å². The second-order valence-electron chi connectivity index (χ2n) is 5.02. The van der Waals surface area contributed by atoms with Crippen LogP contribution in [0.4, 0.5) is 0 Å². The molecule has 2 nitrogen and oxygen atoms in total. The van der Waals surface area contributed by atoms with E-state index in [0.717, 1.165) is 25.4 Å². The lowest BCUT2D eigenvalue weighted by Crippen LogP contribution is -2.51. The van der Waals surface area contributed by atoms with Gasteiger partial charge in [-0.15, -0.1) is 0 Å². The molecular formula is C14H31NO. The molecule has 0 heterocycles. The van der Waals surface area contributed by atoms with Crippen LogP contribution < -0.4 is 5.32 Å². The Labute approximate surface area is 102 Å². The molecule has 0 amide bonds. The smallest absolute Gasteiger partial charge is 0.0829 e. The first-order valence-electron chi connectivity index (χ1n) is 6.87. The van der Waals surface area contributed by atoms with Crippen molar-refractivity contribution in [2.24, 2.45) is 5.92 Å². The highest BCUT2D eigenvalue weighted by Crippen LogP contribution is 2.28. The minimum atomic E-state index is 0.0262. The van der Waals surface area contributed by atoms with Crippen molar-refractivity contribution in [2.45, 2.75) is 71.9 Å². The first kappa shape index (κ1) is 15.9. The fraction of sp³-hybridized carbons (Fsp3) is 1.00. The Balaban J connectivity index is 4.55. The Morgan fingerprint density at radius 2 is 1.62 bits per heavy atom. The van der Waals surface area contributed by atoms with E-state index in [2.05, 4.69) is 47.0 Å². The summed E-state index contributed by atoms with van der Waals surface area (Å²) < 4.78 is 6.05. The van der Waals surface area contributed by atoms with Gasteiger partial charge in [-0.2, -0.15) is 0 Å². The van der Waals surface area contributed by atoms with Crippen molar-refractivity contribution >= 4 is 0 Å². The van der Waals surface area contributed by atoms with Gasteiger partial charge in [0.05, 0.1) is 5.60 Å². The molecule has 2 heteroatoms. The molecule has 0 aliphatic carbocycles. The summed E-state index contributed by atoms with van der Waals surface area (Å²) in [6.07, 6.45) is 4.64. The second-order valence-corrected chi connectivity index (χ2v) is 5.02. The van der Waals surface area contributed by atoms with Crippen molar-refractivity contribution < 1.29 is 4.74 Å². The number of rotatable bonds is 9. The van der Waals surface area contributed by atoms with Crippen LogP contribution in [0.1, 0.15) is 60.3 Å². The monoisotopic (exact) mass is 229 g/mol. The summed E-state index contributed by atoms with van der Waals surface area (Å²) in [6, 6.07) is 0.477. The minimum absolute atomic E-state index is 0.0262. The topological polar surface area (TPSA) is 21.3 Å². The van der Waals surface area contributed by atoms with Gasteiger partial charge in [-0.05, 0) is 45.6 Å². The van der Waals surface area contributed by atoms with Crippen molar-refractivity contribution in [1.82, 2.24) is 5.32 Å². The maximum atomic E-state index is 6.05. The number of hydrogen-bond acceptors (Lipinski definition) is 2. The summed E-state index contributed by atoms with van der Waals surface area (Å²) in [6.45, 7) is 11.9. The van der Waals surface area contributed by atoms with Crippen LogP contribution in [0.15, 0.2) is 0 Å². The van der Waals surface area contributed by atoms with E-state index in [-0.39, 0.29) is 5.60 Å². The molecule has 0 spiro atoms. The average Bonchev–Trinajstić information content (AvgIpc) is 2.27. The molecule has 0 fully saturated rings. The first-order chi connectivity index (χ1) is 7.56. The Morgan fingerprint density at radius 3 is 1.94 bits per heavy atom. The second kappa shape index (κ2) is 8.08. The van der Waals surface area contributed by atoms with Crippen molar-refractivity contribution in [3.63, 3.8) is 0 Å². The average molecular weight is 229 g/mol. The lowest BCUT2D eigenvalue weighted by molar-refractivity contribution is -0.0730. The highest BCUT2D eigenvalue weighted by atomic mass is 16.5. The van der Waals surface area contributed by atoms with E-state index in [1.807, 2.05) is 0 Å². The number of nitrogens with one attached hydrogen (secondary N) is 1. The van der Waals surface area contributed by atoms with Crippen LogP contribution in [-0.4, -0.2) is 25.3 Å². The van der Waals surface area contributed by atoms with E-state index in [0.29, 0.717) is 6.04 Å². The normalized spacial score (nSPS) is 14.4. The summed E-state index contributed by atoms with van der Waals surface area (Å²) in [7, 11) is 2.06. The van der Waals surface area contributed by atoms with Crippen LogP contribution in [0, 0.1) is 5.92 Å². The van der Waals surface area contributed by atoms with E-state index in [9.17, 15) is 0 Å². The molecule has 16 heavy (non-hydrogen) atoms. The largest absolute Gasteiger partial charge is 0.374 e. The van der Waals surface area contributed by atoms with Gasteiger partial charge in [0.2, 0.25) is 0 Å². The van der Waals surface area contributed by atoms with Crippen molar-refractivity contribution in [2.75, 3.05) is 13.7 Å². The van der Waals surface area contributed by atoms with Gasteiger partial charge in [0.15, 0.2) is 0 Å². The van der Waals surface area contributed by atoms with Crippen LogP contribution in [0.25, 0.3) is 0 Å². The van der Waals surface area contributed by atoms with Crippen LogP contribution in [0.5, 0.6) is 0 Å². The third kappa shape index (κ3) is 4.42. The molecule has 0 radical (unpaired) electrons. The van der Waals surface area contributed by atoms with Gasteiger partial charge >= 0.3 is 0 Å². The molecule has 0 rings (SSSR count). The van der Waals surface area contributed by atoms with E-state index in [1.54, 1.807) is 0 Å². The molecule has 0 saturated carbocycles. The third-order valence-electron chi connectivity index (χ3n) is 3.64. The lowest BCUT2D eigenvalue weighted by Gasteiger charge is -2.39. The first-order valence-corrected chi connectivity index (χ1v) is 6.87. The molecule has 0 aromatic heterocycles. The van der Waals surface area contributed by atoms with Gasteiger partial charge in [-0.1, -0.05) is 27.7 Å². The maximum absolute atomic E-state index is 6.05. The fourth-order valence-corrected chi connectivity index (χ4v) is 2.51. The Morgan fingerprint density at radius 1 is 1.06 bits per heavy atom. The van der Waals surface area contributed by atoms with Crippen LogP contribution in [0.3, 0.4) is 0 Å². The van der Waals surface area contributed by atoms with Gasteiger partial charge in [0.1, 0.15) is 0 Å². The summed E-state index contributed by atoms with van der Waals surface area (Å²) in [5.41, 5.74) is 0.0262. The molecule has 1 N–H and O–H groups in total. The summed E-state index contributed by atoms with van der Waals surface area (Å²) >= 11 is 0. The lowest BCUT2D eigenvalue weighted by atomic mass is 9.84. The van der Waals surface area contributed by atoms with Gasteiger partial charge in [-0.3, -0.25) is 0 Å². The number of ether oxygens (including phenoxy) is 1. The van der Waals surface area contributed by atoms with E-state index in [4.69, 9.17) is 4.74 Å². The van der Waals surface area contributed by atoms with Gasteiger partial charge in [-0.25, -0.2) is 0 Å². The Hall–Kier alpha value is -0.0800. The maximum Gasteiger partial charge on any atom is 0.0829 e. The van der Waals surface area contributed by atoms with Crippen LogP contribution in [0.2, 0.25) is 0 Å². The Kier molecular flexibility index (Phi) is 8.04. The van der Waals surface area contributed by atoms with E-state index < -0.39 is 0 Å². The van der Waals surface area contributed by atoms with Crippen LogP contribution in [-0.2, 0) is 4.74 Å². The molecule has 1 unspecified atom stereocenters. The van der Waals surface area contributed by atoms with Crippen molar-refractivity contribution in [3.8, 4) is 0 Å². The molecule has 0 aromatic rings. The number of likely N-dealkylation sites (N-methyl/N-ethyl adjacent to an activating group) is 1. The minimum Gasteiger partial charge on any atom is -0.374 e. The Bertz CT molecular complexity index is 164. The fourth-order valence-electron chi connectivity index (χ4n) is 2.51. The standard InChI is InChI=1S/C14H31NO/c1-7-14(8-2,16-9-3)13(15-6)11-10-12(4)5/h12-13,15H,7-11H2,1-6H3. The predicted molar refractivity (Wildman–Crippen MR) is 71.9 cm³/mol. The highest BCUT2D eigenvalue weighted by molar-refractivity contribution is 4.91. The molecule has 1 atom stereocenters. The van der Waals surface area contributed by atoms with Crippen molar-refractivity contribution in [1.29, 1.82) is 0 Å². The summed E-state index contributed by atoms with van der Waals surface area (Å²) in [4.78, 5) is 0. The zero-order valence-corrected chi connectivity index (χ0v) is 12.1. The van der Waals surface area contributed by atoms with Crippen LogP contribution >= 0.6 is 0 Å². The molecule has 0 aromatic carbocycles. The molecule has 98 valence electrons. The quantitative estimate of drug-likeness (QED) is 0.652. The zero-order chi connectivity index (χ0) is 12.6. The summed E-state index contributed by atoms with van der Waals surface area (Å²) in [5.74, 6) is 0.767. The van der Waals surface area contributed by atoms with Gasteiger partial charge < -0.3 is 10.1 Å². The van der Waals surface area contributed by atoms with Gasteiger partial charge in [0.25, 0.3) is 0 Å². The molecule has 0 aliphatic heterocycles. The SMILES string of the molecule is CCOC(CC)(CC)C(CCC(C)C)NC. The molecule has 0 bridgehead atoms.